The van der Waals surface area contributed by atoms with E-state index in [-0.39, 0.29) is 17.7 Å². The molecule has 2 N–H and O–H groups in total. The minimum Gasteiger partial charge on any atom is -0.383 e. The predicted octanol–water partition coefficient (Wildman–Crippen LogP) is 2.19. The molecular formula is C12H19F2N3O. The van der Waals surface area contributed by atoms with E-state index in [1.54, 1.807) is 12.0 Å². The van der Waals surface area contributed by atoms with Gasteiger partial charge in [0, 0.05) is 25.8 Å². The molecule has 0 spiro atoms. The highest BCUT2D eigenvalue weighted by Gasteiger charge is 2.20. The summed E-state index contributed by atoms with van der Waals surface area (Å²) in [6, 6.07) is 0.826. The number of hydrogen-bond donors (Lipinski definition) is 1. The van der Waals surface area contributed by atoms with Crippen molar-refractivity contribution < 1.29 is 13.5 Å². The van der Waals surface area contributed by atoms with Crippen LogP contribution >= 0.6 is 0 Å². The smallest absolute Gasteiger partial charge is 0.168 e. The fourth-order valence-electron chi connectivity index (χ4n) is 1.62. The molecule has 0 saturated heterocycles. The number of pyridine rings is 1. The summed E-state index contributed by atoms with van der Waals surface area (Å²) in [6.45, 7) is 4.83. The number of nitrogens with zero attached hydrogens (tertiary/aromatic N) is 2. The molecule has 1 unspecified atom stereocenters. The standard InChI is InChI=1S/C12H19F2N3O/c1-4-8(2)17(5-6-18-3)12-10(14)7-9(13)11(15)16-12/h7-8H,4-6H2,1-3H3,(H2,15,16). The lowest BCUT2D eigenvalue weighted by molar-refractivity contribution is 0.203. The lowest BCUT2D eigenvalue weighted by Crippen LogP contribution is -2.37. The van der Waals surface area contributed by atoms with Crippen LogP contribution in [-0.4, -0.2) is 31.3 Å². The minimum absolute atomic E-state index is 0.0620. The van der Waals surface area contributed by atoms with Crippen molar-refractivity contribution in [2.24, 2.45) is 0 Å². The number of halogens is 2. The molecule has 0 bridgehead atoms. The van der Waals surface area contributed by atoms with Crippen LogP contribution in [0.25, 0.3) is 0 Å². The molecule has 0 aliphatic heterocycles. The normalized spacial score (nSPS) is 12.5. The SMILES string of the molecule is CCC(C)N(CCOC)c1nc(N)c(F)cc1F. The van der Waals surface area contributed by atoms with Gasteiger partial charge in [0.1, 0.15) is 0 Å². The Morgan fingerprint density at radius 1 is 1.44 bits per heavy atom. The van der Waals surface area contributed by atoms with E-state index < -0.39 is 11.6 Å². The van der Waals surface area contributed by atoms with Gasteiger partial charge >= 0.3 is 0 Å². The fraction of sp³-hybridized carbons (Fsp3) is 0.583. The third kappa shape index (κ3) is 3.29. The molecule has 1 aromatic rings. The first-order chi connectivity index (χ1) is 8.51. The summed E-state index contributed by atoms with van der Waals surface area (Å²) in [4.78, 5) is 5.52. The summed E-state index contributed by atoms with van der Waals surface area (Å²) < 4.78 is 31.8. The van der Waals surface area contributed by atoms with Gasteiger partial charge in [-0.05, 0) is 13.3 Å². The largest absolute Gasteiger partial charge is 0.383 e. The molecule has 1 aromatic heterocycles. The van der Waals surface area contributed by atoms with Gasteiger partial charge in [-0.25, -0.2) is 13.8 Å². The molecule has 1 rings (SSSR count). The Morgan fingerprint density at radius 2 is 2.11 bits per heavy atom. The number of nitrogen functional groups attached to an aromatic ring is 1. The number of rotatable bonds is 6. The van der Waals surface area contributed by atoms with E-state index in [2.05, 4.69) is 4.98 Å². The molecule has 0 fully saturated rings. The second-order valence-electron chi connectivity index (χ2n) is 4.10. The first-order valence-electron chi connectivity index (χ1n) is 5.88. The average Bonchev–Trinajstić information content (AvgIpc) is 2.35. The maximum absolute atomic E-state index is 13.8. The van der Waals surface area contributed by atoms with Crippen molar-refractivity contribution in [2.45, 2.75) is 26.3 Å². The van der Waals surface area contributed by atoms with Crippen molar-refractivity contribution in [3.05, 3.63) is 17.7 Å². The lowest BCUT2D eigenvalue weighted by atomic mass is 10.2. The highest BCUT2D eigenvalue weighted by atomic mass is 19.1. The van der Waals surface area contributed by atoms with Gasteiger partial charge in [-0.2, -0.15) is 0 Å². The van der Waals surface area contributed by atoms with Crippen LogP contribution < -0.4 is 10.6 Å². The number of methoxy groups -OCH3 is 1. The summed E-state index contributed by atoms with van der Waals surface area (Å²) in [5.74, 6) is -1.78. The van der Waals surface area contributed by atoms with Gasteiger partial charge in [0.05, 0.1) is 6.61 Å². The molecule has 1 atom stereocenters. The van der Waals surface area contributed by atoms with E-state index >= 15 is 0 Å². The summed E-state index contributed by atoms with van der Waals surface area (Å²) >= 11 is 0. The maximum atomic E-state index is 13.8. The highest BCUT2D eigenvalue weighted by molar-refractivity contribution is 5.47. The van der Waals surface area contributed by atoms with Crippen molar-refractivity contribution >= 4 is 11.6 Å². The fourth-order valence-corrected chi connectivity index (χ4v) is 1.62. The molecule has 1 heterocycles. The Kier molecular flexibility index (Phi) is 5.27. The van der Waals surface area contributed by atoms with Crippen LogP contribution in [0.15, 0.2) is 6.07 Å². The Hall–Kier alpha value is -1.43. The second-order valence-corrected chi connectivity index (χ2v) is 4.10. The van der Waals surface area contributed by atoms with E-state index in [4.69, 9.17) is 10.5 Å². The minimum atomic E-state index is -0.841. The number of hydrogen-bond acceptors (Lipinski definition) is 4. The topological polar surface area (TPSA) is 51.4 Å². The third-order valence-corrected chi connectivity index (χ3v) is 2.87. The average molecular weight is 259 g/mol. The molecule has 0 aliphatic rings. The van der Waals surface area contributed by atoms with Gasteiger partial charge < -0.3 is 15.4 Å². The predicted molar refractivity (Wildman–Crippen MR) is 67.5 cm³/mol. The van der Waals surface area contributed by atoms with E-state index in [1.165, 1.54) is 0 Å². The van der Waals surface area contributed by atoms with Gasteiger partial charge in [0.25, 0.3) is 0 Å². The van der Waals surface area contributed by atoms with Crippen LogP contribution in [0.3, 0.4) is 0 Å². The van der Waals surface area contributed by atoms with Crippen LogP contribution in [0.4, 0.5) is 20.4 Å². The Morgan fingerprint density at radius 3 is 2.67 bits per heavy atom. The Bertz CT molecular complexity index is 401. The first-order valence-corrected chi connectivity index (χ1v) is 5.88. The summed E-state index contributed by atoms with van der Waals surface area (Å²) in [7, 11) is 1.57. The number of aromatic nitrogens is 1. The van der Waals surface area contributed by atoms with Crippen LogP contribution in [0.2, 0.25) is 0 Å². The van der Waals surface area contributed by atoms with Gasteiger partial charge in [0.15, 0.2) is 23.3 Å². The van der Waals surface area contributed by atoms with Crippen LogP contribution in [0.1, 0.15) is 20.3 Å². The quantitative estimate of drug-likeness (QED) is 0.851. The molecule has 0 amide bonds. The molecule has 0 aliphatic carbocycles. The lowest BCUT2D eigenvalue weighted by Gasteiger charge is -2.29. The molecule has 102 valence electrons. The van der Waals surface area contributed by atoms with Gasteiger partial charge in [0.2, 0.25) is 0 Å². The monoisotopic (exact) mass is 259 g/mol. The molecule has 0 aromatic carbocycles. The van der Waals surface area contributed by atoms with Crippen molar-refractivity contribution in [3.63, 3.8) is 0 Å². The number of anilines is 2. The first kappa shape index (κ1) is 14.6. The molecule has 6 heteroatoms. The second kappa shape index (κ2) is 6.49. The van der Waals surface area contributed by atoms with Gasteiger partial charge in [-0.3, -0.25) is 0 Å². The van der Waals surface area contributed by atoms with Crippen LogP contribution in [-0.2, 0) is 4.74 Å². The summed E-state index contributed by atoms with van der Waals surface area (Å²) in [5, 5.41) is 0. The molecule has 4 nitrogen and oxygen atoms in total. The van der Waals surface area contributed by atoms with Gasteiger partial charge in [-0.15, -0.1) is 0 Å². The van der Waals surface area contributed by atoms with Crippen molar-refractivity contribution in [3.8, 4) is 0 Å². The molecule has 0 saturated carbocycles. The number of ether oxygens (including phenoxy) is 1. The maximum Gasteiger partial charge on any atom is 0.168 e. The summed E-state index contributed by atoms with van der Waals surface area (Å²) in [6.07, 6.45) is 0.808. The zero-order chi connectivity index (χ0) is 13.7. The van der Waals surface area contributed by atoms with Crippen molar-refractivity contribution in [2.75, 3.05) is 30.9 Å². The van der Waals surface area contributed by atoms with Crippen molar-refractivity contribution in [1.82, 2.24) is 4.98 Å². The summed E-state index contributed by atoms with van der Waals surface area (Å²) in [5.41, 5.74) is 5.39. The van der Waals surface area contributed by atoms with E-state index in [9.17, 15) is 8.78 Å². The van der Waals surface area contributed by atoms with Crippen molar-refractivity contribution in [1.29, 1.82) is 0 Å². The Labute approximate surface area is 106 Å². The molecular weight excluding hydrogens is 240 g/mol. The zero-order valence-corrected chi connectivity index (χ0v) is 10.9. The third-order valence-electron chi connectivity index (χ3n) is 2.87. The van der Waals surface area contributed by atoms with Crippen LogP contribution in [0, 0.1) is 11.6 Å². The highest BCUT2D eigenvalue weighted by Crippen LogP contribution is 2.23. The zero-order valence-electron chi connectivity index (χ0n) is 10.9. The van der Waals surface area contributed by atoms with Gasteiger partial charge in [-0.1, -0.05) is 6.92 Å². The van der Waals surface area contributed by atoms with Crippen LogP contribution in [0.5, 0.6) is 0 Å². The Balaban J connectivity index is 3.07. The van der Waals surface area contributed by atoms with E-state index in [0.29, 0.717) is 13.2 Å². The van der Waals surface area contributed by atoms with E-state index in [0.717, 1.165) is 12.5 Å². The number of nitrogens with two attached hydrogens (primary N) is 1. The molecule has 0 radical (unpaired) electrons. The molecule has 18 heavy (non-hydrogen) atoms. The van der Waals surface area contributed by atoms with E-state index in [1.807, 2.05) is 13.8 Å².